The van der Waals surface area contributed by atoms with E-state index in [1.807, 2.05) is 0 Å². The fourth-order valence-corrected chi connectivity index (χ4v) is 3.48. The molecule has 0 saturated carbocycles. The van der Waals surface area contributed by atoms with Crippen molar-refractivity contribution in [1.82, 2.24) is 4.90 Å². The van der Waals surface area contributed by atoms with Crippen LogP contribution in [0.1, 0.15) is 13.3 Å². The van der Waals surface area contributed by atoms with Crippen LogP contribution in [0.4, 0.5) is 0 Å². The van der Waals surface area contributed by atoms with Crippen molar-refractivity contribution < 1.29 is 23.2 Å². The molecule has 0 fully saturated rings. The lowest BCUT2D eigenvalue weighted by molar-refractivity contribution is -0.134. The molecule has 0 bridgehead atoms. The third-order valence-electron chi connectivity index (χ3n) is 2.78. The highest BCUT2D eigenvalue weighted by molar-refractivity contribution is 6.60. The highest BCUT2D eigenvalue weighted by Crippen LogP contribution is 2.15. The normalized spacial score (nSPS) is 11.2. The Morgan fingerprint density at radius 2 is 1.43 bits per heavy atom. The summed E-state index contributed by atoms with van der Waals surface area (Å²) in [5.41, 5.74) is 11.1. The van der Waals surface area contributed by atoms with Gasteiger partial charge in [-0.2, -0.15) is 0 Å². The average molecular weight is 325 g/mol. The van der Waals surface area contributed by atoms with Gasteiger partial charge >= 0.3 is 8.80 Å². The largest absolute Gasteiger partial charge is 0.500 e. The molecule has 0 amide bonds. The van der Waals surface area contributed by atoms with E-state index in [1.165, 1.54) is 0 Å². The zero-order valence-corrected chi connectivity index (χ0v) is 14.6. The minimum Gasteiger partial charge on any atom is -0.481 e. The summed E-state index contributed by atoms with van der Waals surface area (Å²) in [4.78, 5) is 11.3. The second-order valence-corrected chi connectivity index (χ2v) is 7.43. The van der Waals surface area contributed by atoms with Gasteiger partial charge in [0.2, 0.25) is 0 Å². The van der Waals surface area contributed by atoms with Gasteiger partial charge in [0.05, 0.1) is 0 Å². The highest BCUT2D eigenvalue weighted by atomic mass is 28.4. The Labute approximate surface area is 128 Å². The molecule has 0 aliphatic carbocycles. The summed E-state index contributed by atoms with van der Waals surface area (Å²) in [7, 11) is 2.49. The van der Waals surface area contributed by atoms with E-state index >= 15 is 0 Å². The van der Waals surface area contributed by atoms with E-state index in [-0.39, 0.29) is 0 Å². The molecule has 0 aliphatic rings. The van der Waals surface area contributed by atoms with Crippen LogP contribution in [0.2, 0.25) is 6.04 Å². The summed E-state index contributed by atoms with van der Waals surface area (Å²) in [6.07, 6.45) is 0.960. The number of nitrogens with two attached hydrogens (primary N) is 2. The predicted molar refractivity (Wildman–Crippen MR) is 84.1 cm³/mol. The molecule has 0 radical (unpaired) electrons. The van der Waals surface area contributed by atoms with E-state index in [1.54, 1.807) is 21.3 Å². The van der Waals surface area contributed by atoms with Crippen molar-refractivity contribution in [2.24, 2.45) is 11.5 Å². The maximum atomic E-state index is 9.00. The summed E-state index contributed by atoms with van der Waals surface area (Å²) in [5, 5.41) is 7.42. The number of aliphatic carboxylic acids is 1. The first kappa shape index (κ1) is 22.7. The van der Waals surface area contributed by atoms with Gasteiger partial charge in [0.25, 0.3) is 5.97 Å². The Hall–Kier alpha value is -0.553. The second-order valence-electron chi connectivity index (χ2n) is 4.34. The molecule has 0 saturated heterocycles. The number of rotatable bonds is 11. The molecule has 0 aliphatic heterocycles. The quantitative estimate of drug-likeness (QED) is 0.437. The fourth-order valence-electron chi connectivity index (χ4n) is 1.78. The van der Waals surface area contributed by atoms with Crippen molar-refractivity contribution in [2.45, 2.75) is 19.4 Å². The van der Waals surface area contributed by atoms with Gasteiger partial charge in [0, 0.05) is 60.5 Å². The summed E-state index contributed by atoms with van der Waals surface area (Å²) in [6.45, 7) is 5.08. The molecule has 128 valence electrons. The number of hydrogen-bond donors (Lipinski definition) is 3. The highest BCUT2D eigenvalue weighted by Gasteiger charge is 2.36. The molecule has 0 atom stereocenters. The van der Waals surface area contributed by atoms with E-state index in [0.717, 1.165) is 39.0 Å². The van der Waals surface area contributed by atoms with Gasteiger partial charge in [-0.1, -0.05) is 0 Å². The van der Waals surface area contributed by atoms with Crippen molar-refractivity contribution in [3.05, 3.63) is 0 Å². The molecule has 0 rings (SSSR count). The molecule has 0 aromatic carbocycles. The van der Waals surface area contributed by atoms with E-state index in [2.05, 4.69) is 4.90 Å². The van der Waals surface area contributed by atoms with Gasteiger partial charge in [0.15, 0.2) is 0 Å². The van der Waals surface area contributed by atoms with Crippen LogP contribution < -0.4 is 11.5 Å². The summed E-state index contributed by atoms with van der Waals surface area (Å²) < 4.78 is 16.1. The van der Waals surface area contributed by atoms with Gasteiger partial charge in [-0.05, 0) is 13.0 Å². The molecule has 8 nitrogen and oxygen atoms in total. The molecule has 0 aromatic rings. The van der Waals surface area contributed by atoms with Crippen LogP contribution in [-0.2, 0) is 18.1 Å². The Morgan fingerprint density at radius 3 is 1.71 bits per heavy atom. The second kappa shape index (κ2) is 14.4. The van der Waals surface area contributed by atoms with Gasteiger partial charge in [0.1, 0.15) is 0 Å². The smallest absolute Gasteiger partial charge is 0.481 e. The molecule has 9 heteroatoms. The first-order valence-corrected chi connectivity index (χ1v) is 8.82. The maximum absolute atomic E-state index is 9.00. The minimum atomic E-state index is -2.42. The standard InChI is InChI=1S/C10H27N3O3Si.C2H4O2/c1-14-17(15-2,16-3)10-4-7-13(8-5-11)9-6-12;1-2(3)4/h4-12H2,1-3H3;1H3,(H,3,4). The van der Waals surface area contributed by atoms with E-state index in [4.69, 9.17) is 34.6 Å². The topological polar surface area (TPSA) is 120 Å². The summed E-state index contributed by atoms with van der Waals surface area (Å²) in [6, 6.07) is 0.808. The van der Waals surface area contributed by atoms with Crippen LogP contribution in [0.15, 0.2) is 0 Å². The van der Waals surface area contributed by atoms with E-state index in [0.29, 0.717) is 13.1 Å². The molecular formula is C12H31N3O5Si. The minimum absolute atomic E-state index is 0.654. The molecular weight excluding hydrogens is 294 g/mol. The van der Waals surface area contributed by atoms with Gasteiger partial charge in [-0.3, -0.25) is 4.79 Å². The molecule has 0 spiro atoms. The van der Waals surface area contributed by atoms with Gasteiger partial charge in [-0.25, -0.2) is 0 Å². The summed E-state index contributed by atoms with van der Waals surface area (Å²) in [5.74, 6) is -0.833. The lowest BCUT2D eigenvalue weighted by atomic mass is 10.4. The Balaban J connectivity index is 0. The average Bonchev–Trinajstić information content (AvgIpc) is 2.44. The number of carboxylic acids is 1. The van der Waals surface area contributed by atoms with E-state index in [9.17, 15) is 0 Å². The van der Waals surface area contributed by atoms with Gasteiger partial charge < -0.3 is 34.8 Å². The van der Waals surface area contributed by atoms with Crippen LogP contribution in [0.25, 0.3) is 0 Å². The molecule has 0 aromatic heterocycles. The number of carbonyl (C=O) groups is 1. The van der Waals surface area contributed by atoms with Crippen molar-refractivity contribution in [3.8, 4) is 0 Å². The number of nitrogens with zero attached hydrogens (tertiary/aromatic N) is 1. The van der Waals surface area contributed by atoms with Crippen LogP contribution in [0.5, 0.6) is 0 Å². The maximum Gasteiger partial charge on any atom is 0.500 e. The number of carboxylic acid groups (broad SMARTS) is 1. The fraction of sp³-hybridized carbons (Fsp3) is 0.917. The van der Waals surface area contributed by atoms with Crippen LogP contribution in [-0.4, -0.2) is 78.8 Å². The Morgan fingerprint density at radius 1 is 1.05 bits per heavy atom. The SMILES string of the molecule is CC(=O)O.CO[Si](CCCN(CCN)CCN)(OC)OC. The third kappa shape index (κ3) is 12.9. The van der Waals surface area contributed by atoms with Crippen LogP contribution in [0, 0.1) is 0 Å². The monoisotopic (exact) mass is 325 g/mol. The van der Waals surface area contributed by atoms with Crippen molar-refractivity contribution >= 4 is 14.8 Å². The van der Waals surface area contributed by atoms with Crippen molar-refractivity contribution in [3.63, 3.8) is 0 Å². The summed E-state index contributed by atoms with van der Waals surface area (Å²) >= 11 is 0. The van der Waals surface area contributed by atoms with Gasteiger partial charge in [-0.15, -0.1) is 0 Å². The molecule has 5 N–H and O–H groups in total. The first-order valence-electron chi connectivity index (χ1n) is 6.88. The third-order valence-corrected chi connectivity index (χ3v) is 5.61. The zero-order valence-electron chi connectivity index (χ0n) is 13.6. The number of hydrogen-bond acceptors (Lipinski definition) is 7. The lowest BCUT2D eigenvalue weighted by Crippen LogP contribution is -2.43. The van der Waals surface area contributed by atoms with E-state index < -0.39 is 14.8 Å². The van der Waals surface area contributed by atoms with Crippen LogP contribution >= 0.6 is 0 Å². The Kier molecular flexibility index (Phi) is 15.6. The Bertz CT molecular complexity index is 237. The molecule has 0 unspecified atom stereocenters. The zero-order chi connectivity index (χ0) is 16.7. The van der Waals surface area contributed by atoms with Crippen molar-refractivity contribution in [2.75, 3.05) is 54.1 Å². The van der Waals surface area contributed by atoms with Crippen molar-refractivity contribution in [1.29, 1.82) is 0 Å². The van der Waals surface area contributed by atoms with Crippen LogP contribution in [0.3, 0.4) is 0 Å². The molecule has 0 heterocycles. The lowest BCUT2D eigenvalue weighted by Gasteiger charge is -2.26. The molecule has 21 heavy (non-hydrogen) atoms. The predicted octanol–water partition coefficient (Wildman–Crippen LogP) is -0.435. The first-order chi connectivity index (χ1) is 9.91.